The van der Waals surface area contributed by atoms with Crippen LogP contribution in [-0.2, 0) is 9.85 Å². The summed E-state index contributed by atoms with van der Waals surface area (Å²) in [5, 5.41) is 10.4. The number of tetrazole rings is 1. The molecule has 0 fully saturated rings. The lowest BCUT2D eigenvalue weighted by molar-refractivity contribution is 0.316. The number of nitrogens with two attached hydrogens (primary N) is 1. The van der Waals surface area contributed by atoms with E-state index >= 15 is 0 Å². The summed E-state index contributed by atoms with van der Waals surface area (Å²) in [5.74, 6) is -0.177. The number of nitrogens with one attached hydrogen (secondary N) is 1. The minimum atomic E-state index is -4.48. The third-order valence-corrected chi connectivity index (χ3v) is 3.35. The molecule has 0 aliphatic heterocycles. The standard InChI is InChI=1S/C4H10N5O3P/c1-2-4(5,13(10,11)12)3-6-8-9-7-3/h2,5H2,1H3,(H2,10,11,12)(H,6,7,8,9). The van der Waals surface area contributed by atoms with Crippen molar-refractivity contribution in [2.45, 2.75) is 18.6 Å². The molecular formula is C4H10N5O3P. The molecule has 0 saturated heterocycles. The molecule has 1 atom stereocenters. The third-order valence-electron chi connectivity index (χ3n) is 1.79. The van der Waals surface area contributed by atoms with Gasteiger partial charge in [-0.2, -0.15) is 5.21 Å². The van der Waals surface area contributed by atoms with E-state index in [4.69, 9.17) is 15.5 Å². The smallest absolute Gasteiger partial charge is 0.323 e. The van der Waals surface area contributed by atoms with E-state index < -0.39 is 12.9 Å². The van der Waals surface area contributed by atoms with E-state index in [9.17, 15) is 4.57 Å². The van der Waals surface area contributed by atoms with Crippen molar-refractivity contribution in [3.8, 4) is 0 Å². The lowest BCUT2D eigenvalue weighted by Gasteiger charge is -2.24. The van der Waals surface area contributed by atoms with E-state index in [1.54, 1.807) is 0 Å². The summed E-state index contributed by atoms with van der Waals surface area (Å²) >= 11 is 0. The van der Waals surface area contributed by atoms with Gasteiger partial charge < -0.3 is 15.5 Å². The first-order valence-electron chi connectivity index (χ1n) is 3.50. The number of aromatic amines is 1. The van der Waals surface area contributed by atoms with Crippen LogP contribution in [0.4, 0.5) is 0 Å². The SMILES string of the molecule is CCC(N)(c1nn[nH]n1)P(=O)(O)O. The van der Waals surface area contributed by atoms with E-state index in [0.717, 1.165) is 0 Å². The van der Waals surface area contributed by atoms with Crippen LogP contribution in [0.2, 0.25) is 0 Å². The number of aromatic nitrogens is 4. The molecule has 0 aliphatic rings. The maximum atomic E-state index is 11.0. The Balaban J connectivity index is 3.17. The maximum absolute atomic E-state index is 11.0. The van der Waals surface area contributed by atoms with Crippen LogP contribution in [0.25, 0.3) is 0 Å². The van der Waals surface area contributed by atoms with E-state index in [1.807, 2.05) is 0 Å². The van der Waals surface area contributed by atoms with Crippen LogP contribution in [0.1, 0.15) is 19.2 Å². The second-order valence-corrected chi connectivity index (χ2v) is 4.44. The number of hydrogen-bond donors (Lipinski definition) is 4. The lowest BCUT2D eigenvalue weighted by Crippen LogP contribution is -2.37. The topological polar surface area (TPSA) is 138 Å². The molecule has 13 heavy (non-hydrogen) atoms. The van der Waals surface area contributed by atoms with Crippen molar-refractivity contribution in [1.29, 1.82) is 0 Å². The largest absolute Gasteiger partial charge is 0.353 e. The average Bonchev–Trinajstić information content (AvgIpc) is 2.52. The average molecular weight is 207 g/mol. The molecule has 0 saturated carbocycles. The predicted octanol–water partition coefficient (Wildman–Crippen LogP) is -1.10. The molecule has 0 aliphatic carbocycles. The number of hydrogen-bond acceptors (Lipinski definition) is 5. The van der Waals surface area contributed by atoms with Gasteiger partial charge in [0.2, 0.25) is 5.82 Å². The van der Waals surface area contributed by atoms with E-state index in [1.165, 1.54) is 6.92 Å². The summed E-state index contributed by atoms with van der Waals surface area (Å²) in [4.78, 5) is 17.9. The highest BCUT2D eigenvalue weighted by molar-refractivity contribution is 7.53. The van der Waals surface area contributed by atoms with Gasteiger partial charge in [-0.15, -0.1) is 10.2 Å². The molecule has 1 heterocycles. The molecule has 9 heteroatoms. The van der Waals surface area contributed by atoms with Gasteiger partial charge >= 0.3 is 7.60 Å². The Labute approximate surface area is 73.7 Å². The van der Waals surface area contributed by atoms with Crippen LogP contribution >= 0.6 is 7.60 Å². The van der Waals surface area contributed by atoms with Crippen molar-refractivity contribution in [3.05, 3.63) is 5.82 Å². The summed E-state index contributed by atoms with van der Waals surface area (Å²) in [6, 6.07) is 0. The molecule has 0 aromatic carbocycles. The van der Waals surface area contributed by atoms with E-state index in [2.05, 4.69) is 20.6 Å². The molecule has 1 unspecified atom stereocenters. The van der Waals surface area contributed by atoms with Crippen LogP contribution in [-0.4, -0.2) is 30.4 Å². The highest BCUT2D eigenvalue weighted by Gasteiger charge is 2.47. The third kappa shape index (κ3) is 1.61. The van der Waals surface area contributed by atoms with Gasteiger partial charge in [0.25, 0.3) is 0 Å². The van der Waals surface area contributed by atoms with E-state index in [-0.39, 0.29) is 12.2 Å². The summed E-state index contributed by atoms with van der Waals surface area (Å²) in [7, 11) is -4.48. The van der Waals surface area contributed by atoms with Crippen LogP contribution in [0, 0.1) is 0 Å². The summed E-state index contributed by atoms with van der Waals surface area (Å²) in [6.07, 6.45) is 0.0246. The Morgan fingerprint density at radius 2 is 2.31 bits per heavy atom. The molecule has 0 spiro atoms. The summed E-state index contributed by atoms with van der Waals surface area (Å²) < 4.78 is 11.0. The normalized spacial score (nSPS) is 16.9. The first-order chi connectivity index (χ1) is 5.92. The fourth-order valence-electron chi connectivity index (χ4n) is 0.840. The Hall–Kier alpha value is -0.820. The van der Waals surface area contributed by atoms with Gasteiger partial charge in [0.05, 0.1) is 0 Å². The molecule has 0 amide bonds. The Kier molecular flexibility index (Phi) is 2.49. The molecule has 5 N–H and O–H groups in total. The van der Waals surface area contributed by atoms with Gasteiger partial charge in [0, 0.05) is 0 Å². The van der Waals surface area contributed by atoms with Crippen molar-refractivity contribution in [1.82, 2.24) is 20.6 Å². The highest BCUT2D eigenvalue weighted by Crippen LogP contribution is 2.53. The highest BCUT2D eigenvalue weighted by atomic mass is 31.2. The van der Waals surface area contributed by atoms with Crippen molar-refractivity contribution >= 4 is 7.60 Å². The molecule has 1 aromatic rings. The summed E-state index contributed by atoms with van der Waals surface area (Å²) in [5.41, 5.74) is 5.49. The van der Waals surface area contributed by atoms with Crippen molar-refractivity contribution in [3.63, 3.8) is 0 Å². The molecule has 8 nitrogen and oxygen atoms in total. The molecule has 0 radical (unpaired) electrons. The first kappa shape index (κ1) is 10.3. The van der Waals surface area contributed by atoms with Crippen LogP contribution in [0.3, 0.4) is 0 Å². The van der Waals surface area contributed by atoms with Crippen molar-refractivity contribution < 1.29 is 14.4 Å². The van der Waals surface area contributed by atoms with Gasteiger partial charge in [-0.1, -0.05) is 12.1 Å². The molecule has 74 valence electrons. The summed E-state index contributed by atoms with van der Waals surface area (Å²) in [6.45, 7) is 1.54. The monoisotopic (exact) mass is 207 g/mol. The fourth-order valence-corrected chi connectivity index (χ4v) is 1.61. The molecular weight excluding hydrogens is 197 g/mol. The van der Waals surface area contributed by atoms with Gasteiger partial charge in [0.1, 0.15) is 0 Å². The zero-order valence-electron chi connectivity index (χ0n) is 6.88. The van der Waals surface area contributed by atoms with Crippen molar-refractivity contribution in [2.75, 3.05) is 0 Å². The second kappa shape index (κ2) is 3.15. The van der Waals surface area contributed by atoms with Crippen molar-refractivity contribution in [2.24, 2.45) is 5.73 Å². The van der Waals surface area contributed by atoms with Gasteiger partial charge in [-0.3, -0.25) is 4.57 Å². The quantitative estimate of drug-likeness (QED) is 0.461. The Morgan fingerprint density at radius 3 is 2.62 bits per heavy atom. The van der Waals surface area contributed by atoms with Crippen LogP contribution in [0.5, 0.6) is 0 Å². The van der Waals surface area contributed by atoms with Gasteiger partial charge in [-0.05, 0) is 6.42 Å². The van der Waals surface area contributed by atoms with Crippen LogP contribution < -0.4 is 5.73 Å². The maximum Gasteiger partial charge on any atom is 0.353 e. The van der Waals surface area contributed by atoms with E-state index in [0.29, 0.717) is 0 Å². The van der Waals surface area contributed by atoms with Crippen LogP contribution in [0.15, 0.2) is 0 Å². The fraction of sp³-hybridized carbons (Fsp3) is 0.750. The minimum Gasteiger partial charge on any atom is -0.323 e. The zero-order chi connectivity index (χ0) is 10.1. The zero-order valence-corrected chi connectivity index (χ0v) is 7.77. The predicted molar refractivity (Wildman–Crippen MR) is 42.4 cm³/mol. The number of nitrogens with zero attached hydrogens (tertiary/aromatic N) is 3. The minimum absolute atomic E-state index is 0.0246. The lowest BCUT2D eigenvalue weighted by atomic mass is 10.2. The van der Waals surface area contributed by atoms with Gasteiger partial charge in [0.15, 0.2) is 5.28 Å². The molecule has 1 aromatic heterocycles. The first-order valence-corrected chi connectivity index (χ1v) is 5.11. The number of H-pyrrole nitrogens is 1. The molecule has 0 bridgehead atoms. The molecule has 1 rings (SSSR count). The number of rotatable bonds is 3. The van der Waals surface area contributed by atoms with Gasteiger partial charge in [-0.25, -0.2) is 0 Å². The Morgan fingerprint density at radius 1 is 1.69 bits per heavy atom. The second-order valence-electron chi connectivity index (χ2n) is 2.56. The Bertz CT molecular complexity index is 321.